The fraction of sp³-hybridized carbons (Fsp3) is 0.568. The summed E-state index contributed by atoms with van der Waals surface area (Å²) >= 11 is 0. The molecule has 2 aliphatic heterocycles. The number of nitrogens with zero attached hydrogens (tertiary/aromatic N) is 2. The molecule has 2 heterocycles. The first-order valence-corrected chi connectivity index (χ1v) is 16.5. The Labute approximate surface area is 273 Å². The predicted octanol–water partition coefficient (Wildman–Crippen LogP) is 7.72. The van der Waals surface area contributed by atoms with Gasteiger partial charge >= 0.3 is 5.97 Å². The second kappa shape index (κ2) is 14.9. The van der Waals surface area contributed by atoms with Crippen LogP contribution in [0.15, 0.2) is 42.0 Å². The van der Waals surface area contributed by atoms with E-state index in [1.54, 1.807) is 26.2 Å². The highest BCUT2D eigenvalue weighted by atomic mass is 19.1. The van der Waals surface area contributed by atoms with Gasteiger partial charge in [0.2, 0.25) is 18.4 Å². The van der Waals surface area contributed by atoms with Gasteiger partial charge in [-0.2, -0.15) is 0 Å². The van der Waals surface area contributed by atoms with E-state index in [9.17, 15) is 19.1 Å². The number of anilines is 1. The summed E-state index contributed by atoms with van der Waals surface area (Å²) in [6.45, 7) is 14.7. The number of fused-ring (bicyclic) bond motifs is 1. The number of benzene rings is 2. The van der Waals surface area contributed by atoms with E-state index in [4.69, 9.17) is 14.2 Å². The Morgan fingerprint density at radius 2 is 1.85 bits per heavy atom. The number of ether oxygens (including phenoxy) is 3. The number of allylic oxidation sites excluding steroid dienone is 2. The van der Waals surface area contributed by atoms with Crippen molar-refractivity contribution in [2.45, 2.75) is 98.6 Å². The molecule has 1 fully saturated rings. The average molecular weight is 639 g/mol. The minimum atomic E-state index is -0.907. The maximum atomic E-state index is 14.5. The molecule has 9 heteroatoms. The van der Waals surface area contributed by atoms with Crippen molar-refractivity contribution in [3.63, 3.8) is 0 Å². The lowest BCUT2D eigenvalue weighted by molar-refractivity contribution is -0.143. The van der Waals surface area contributed by atoms with E-state index in [1.807, 2.05) is 30.9 Å². The van der Waals surface area contributed by atoms with Crippen molar-refractivity contribution in [2.75, 3.05) is 31.9 Å². The number of aryl methyl sites for hydroxylation is 1. The van der Waals surface area contributed by atoms with Gasteiger partial charge in [0.1, 0.15) is 5.82 Å². The zero-order valence-electron chi connectivity index (χ0n) is 28.7. The lowest BCUT2D eigenvalue weighted by Crippen LogP contribution is -2.48. The van der Waals surface area contributed by atoms with E-state index >= 15 is 0 Å². The summed E-state index contributed by atoms with van der Waals surface area (Å²) in [5.74, 6) is -1.03. The molecule has 46 heavy (non-hydrogen) atoms. The van der Waals surface area contributed by atoms with Crippen LogP contribution in [0.25, 0.3) is 0 Å². The molecule has 0 saturated carbocycles. The van der Waals surface area contributed by atoms with Crippen molar-refractivity contribution < 1.29 is 33.3 Å². The number of aliphatic carboxylic acids is 1. The Morgan fingerprint density at radius 3 is 2.43 bits per heavy atom. The number of carbonyl (C=O) groups is 2. The largest absolute Gasteiger partial charge is 0.493 e. The van der Waals surface area contributed by atoms with Gasteiger partial charge < -0.3 is 24.2 Å². The standard InChI is InChI=1S/C37H51FN2O6/c1-9-11-26(12-10-2)40(27-13-14-29(38)24(5)15-27)33(41)21-39-20-28(25-16-31(44-8)35-32(17-25)45-22-46-35)34(36(42)43)30(39)19-37(6,7)18-23(3)4/h13-18,26,28,30,34H,9-12,19-22H2,1-8H3,(H,42,43)/t28-,30+,34?/m1/s1. The lowest BCUT2D eigenvalue weighted by Gasteiger charge is -2.36. The number of carbonyl (C=O) groups excluding carboxylic acids is 1. The third-order valence-corrected chi connectivity index (χ3v) is 9.19. The second-order valence-corrected chi connectivity index (χ2v) is 13.8. The molecule has 0 bridgehead atoms. The zero-order chi connectivity index (χ0) is 33.8. The van der Waals surface area contributed by atoms with E-state index in [0.29, 0.717) is 41.5 Å². The Morgan fingerprint density at radius 1 is 1.15 bits per heavy atom. The third-order valence-electron chi connectivity index (χ3n) is 9.19. The molecule has 0 aliphatic carbocycles. The summed E-state index contributed by atoms with van der Waals surface area (Å²) in [4.78, 5) is 31.6. The minimum Gasteiger partial charge on any atom is -0.493 e. The molecule has 8 nitrogen and oxygen atoms in total. The van der Waals surface area contributed by atoms with Gasteiger partial charge in [-0.1, -0.05) is 52.2 Å². The van der Waals surface area contributed by atoms with Crippen LogP contribution >= 0.6 is 0 Å². The third kappa shape index (κ3) is 7.85. The number of amides is 1. The van der Waals surface area contributed by atoms with Crippen LogP contribution in [0.4, 0.5) is 10.1 Å². The molecule has 1 N–H and O–H groups in total. The van der Waals surface area contributed by atoms with Gasteiger partial charge in [-0.25, -0.2) is 4.39 Å². The summed E-state index contributed by atoms with van der Waals surface area (Å²) in [7, 11) is 1.55. The van der Waals surface area contributed by atoms with Crippen LogP contribution in [0.2, 0.25) is 0 Å². The van der Waals surface area contributed by atoms with Crippen molar-refractivity contribution in [3.05, 3.63) is 58.9 Å². The maximum Gasteiger partial charge on any atom is 0.308 e. The molecule has 1 saturated heterocycles. The molecule has 2 aromatic carbocycles. The zero-order valence-corrected chi connectivity index (χ0v) is 28.7. The summed E-state index contributed by atoms with van der Waals surface area (Å²) in [6, 6.07) is 8.04. The SMILES string of the molecule is CCCC(CCC)N(C(=O)CN1C[C@H](c2cc(OC)c3c(c2)OCO3)C(C(=O)O)[C@@H]1CC(C)(C)C=C(C)C)c1ccc(F)c(C)c1. The molecule has 1 amide bonds. The van der Waals surface area contributed by atoms with Gasteiger partial charge in [-0.15, -0.1) is 0 Å². The lowest BCUT2D eigenvalue weighted by atomic mass is 9.77. The highest BCUT2D eigenvalue weighted by Crippen LogP contribution is 2.48. The Hall–Kier alpha value is -3.59. The van der Waals surface area contributed by atoms with Crippen LogP contribution < -0.4 is 19.1 Å². The van der Waals surface area contributed by atoms with Crippen LogP contribution in [-0.2, 0) is 9.59 Å². The predicted molar refractivity (Wildman–Crippen MR) is 178 cm³/mol. The van der Waals surface area contributed by atoms with Crippen LogP contribution in [0.3, 0.4) is 0 Å². The number of hydrogen-bond donors (Lipinski definition) is 1. The summed E-state index contributed by atoms with van der Waals surface area (Å²) < 4.78 is 31.2. The monoisotopic (exact) mass is 638 g/mol. The number of methoxy groups -OCH3 is 1. The van der Waals surface area contributed by atoms with Crippen LogP contribution in [0, 0.1) is 24.1 Å². The average Bonchev–Trinajstić information content (AvgIpc) is 3.58. The molecular formula is C37H51FN2O6. The number of rotatable bonds is 14. The first-order chi connectivity index (χ1) is 21.8. The summed E-state index contributed by atoms with van der Waals surface area (Å²) in [5.41, 5.74) is 2.75. The molecule has 0 radical (unpaired) electrons. The van der Waals surface area contributed by atoms with Crippen molar-refractivity contribution in [2.24, 2.45) is 11.3 Å². The van der Waals surface area contributed by atoms with Crippen LogP contribution in [0.1, 0.15) is 90.7 Å². The molecule has 1 unspecified atom stereocenters. The van der Waals surface area contributed by atoms with Gasteiger partial charge in [-0.05, 0) is 86.9 Å². The van der Waals surface area contributed by atoms with Crippen LogP contribution in [-0.4, -0.2) is 61.0 Å². The van der Waals surface area contributed by atoms with Crippen LogP contribution in [0.5, 0.6) is 17.2 Å². The van der Waals surface area contributed by atoms with Crippen molar-refractivity contribution in [1.82, 2.24) is 4.90 Å². The van der Waals surface area contributed by atoms with E-state index in [1.165, 1.54) is 6.07 Å². The fourth-order valence-corrected chi connectivity index (χ4v) is 7.48. The summed E-state index contributed by atoms with van der Waals surface area (Å²) in [6.07, 6.45) is 6.13. The Bertz CT molecular complexity index is 1430. The molecular weight excluding hydrogens is 587 g/mol. The van der Waals surface area contributed by atoms with Crippen molar-refractivity contribution >= 4 is 17.6 Å². The van der Waals surface area contributed by atoms with E-state index in [-0.39, 0.29) is 36.5 Å². The topological polar surface area (TPSA) is 88.5 Å². The second-order valence-electron chi connectivity index (χ2n) is 13.8. The molecule has 2 aromatic rings. The number of carboxylic acids is 1. The minimum absolute atomic E-state index is 0.0396. The molecule has 0 aromatic heterocycles. The quantitative estimate of drug-likeness (QED) is 0.212. The number of hydrogen-bond acceptors (Lipinski definition) is 6. The van der Waals surface area contributed by atoms with Gasteiger partial charge in [0.05, 0.1) is 19.6 Å². The van der Waals surface area contributed by atoms with Gasteiger partial charge in [-0.3, -0.25) is 14.5 Å². The highest BCUT2D eigenvalue weighted by molar-refractivity contribution is 5.95. The number of likely N-dealkylation sites (tertiary alicyclic amines) is 1. The van der Waals surface area contributed by atoms with E-state index < -0.39 is 23.8 Å². The normalized spacial score (nSPS) is 19.4. The van der Waals surface area contributed by atoms with Gasteiger partial charge in [0.15, 0.2) is 11.5 Å². The first kappa shape index (κ1) is 35.3. The van der Waals surface area contributed by atoms with Gasteiger partial charge in [0.25, 0.3) is 0 Å². The van der Waals surface area contributed by atoms with E-state index in [0.717, 1.165) is 36.8 Å². The molecule has 3 atom stereocenters. The molecule has 2 aliphatic rings. The van der Waals surface area contributed by atoms with Crippen molar-refractivity contribution in [1.29, 1.82) is 0 Å². The van der Waals surface area contributed by atoms with E-state index in [2.05, 4.69) is 38.7 Å². The Balaban J connectivity index is 1.78. The van der Waals surface area contributed by atoms with Crippen molar-refractivity contribution in [3.8, 4) is 17.2 Å². The Kier molecular flexibility index (Phi) is 11.4. The fourth-order valence-electron chi connectivity index (χ4n) is 7.48. The highest BCUT2D eigenvalue weighted by Gasteiger charge is 2.49. The first-order valence-electron chi connectivity index (χ1n) is 16.5. The molecule has 252 valence electrons. The molecule has 0 spiro atoms. The molecule has 4 rings (SSSR count). The smallest absolute Gasteiger partial charge is 0.308 e. The number of halogens is 1. The van der Waals surface area contributed by atoms with Gasteiger partial charge in [0, 0.05) is 30.2 Å². The maximum absolute atomic E-state index is 14.5. The summed E-state index contributed by atoms with van der Waals surface area (Å²) in [5, 5.41) is 10.8. The number of carboxylic acid groups (broad SMARTS) is 1.